The average Bonchev–Trinajstić information content (AvgIpc) is 3.31. The number of urea groups is 1. The molecule has 12 nitrogen and oxygen atoms in total. The molecule has 5 amide bonds. The van der Waals surface area contributed by atoms with Crippen LogP contribution in [0.2, 0.25) is 0 Å². The van der Waals surface area contributed by atoms with Crippen LogP contribution < -0.4 is 21.3 Å². The van der Waals surface area contributed by atoms with Crippen molar-refractivity contribution in [3.8, 4) is 12.3 Å². The molecule has 3 fully saturated rings. The van der Waals surface area contributed by atoms with E-state index in [0.717, 1.165) is 19.3 Å². The van der Waals surface area contributed by atoms with Crippen molar-refractivity contribution in [2.75, 3.05) is 30.9 Å². The lowest BCUT2D eigenvalue weighted by Gasteiger charge is -2.41. The number of fused-ring (bicyclic) bond motifs is 1. The molecular weight excluding hydrogens is 679 g/mol. The van der Waals surface area contributed by atoms with Gasteiger partial charge in [-0.25, -0.2) is 13.2 Å². The first kappa shape index (κ1) is 41.6. The highest BCUT2D eigenvalue weighted by Gasteiger charge is 2.70. The summed E-state index contributed by atoms with van der Waals surface area (Å²) >= 11 is 1.52. The quantitative estimate of drug-likeness (QED) is 0.120. The number of thioether (sulfide) groups is 1. The molecule has 1 heterocycles. The lowest BCUT2D eigenvalue weighted by molar-refractivity contribution is -0.145. The molecule has 0 spiro atoms. The first-order chi connectivity index (χ1) is 23.0. The molecule has 4 N–H and O–H groups in total. The number of carbonyl (C=O) groups is 5. The summed E-state index contributed by atoms with van der Waals surface area (Å²) in [6, 6.07) is -3.79. The maximum absolute atomic E-state index is 14.4. The highest BCUT2D eigenvalue weighted by Crippen LogP contribution is 2.65. The van der Waals surface area contributed by atoms with Gasteiger partial charge in [-0.15, -0.1) is 12.3 Å². The third-order valence-corrected chi connectivity index (χ3v) is 14.2. The van der Waals surface area contributed by atoms with Crippen molar-refractivity contribution in [3.05, 3.63) is 0 Å². The lowest BCUT2D eigenvalue weighted by atomic mass is 9.83. The smallest absolute Gasteiger partial charge is 0.315 e. The number of nitrogens with one attached hydrogen (secondary N) is 4. The predicted molar refractivity (Wildman–Crippen MR) is 197 cm³/mol. The van der Waals surface area contributed by atoms with Crippen LogP contribution >= 0.6 is 11.8 Å². The van der Waals surface area contributed by atoms with Crippen molar-refractivity contribution < 1.29 is 32.4 Å². The van der Waals surface area contributed by atoms with E-state index in [1.165, 1.54) is 16.7 Å². The average molecular weight is 738 g/mol. The molecule has 2 unspecified atom stereocenters. The minimum atomic E-state index is -3.57. The van der Waals surface area contributed by atoms with Crippen LogP contribution in [0, 0.1) is 35.0 Å². The molecule has 0 aromatic heterocycles. The summed E-state index contributed by atoms with van der Waals surface area (Å²) in [5.74, 6) is 0.124. The molecule has 0 aromatic carbocycles. The molecule has 14 heteroatoms. The summed E-state index contributed by atoms with van der Waals surface area (Å²) in [5.41, 5.74) is -1.99. The van der Waals surface area contributed by atoms with E-state index in [9.17, 15) is 32.4 Å². The molecule has 1 saturated heterocycles. The van der Waals surface area contributed by atoms with Crippen LogP contribution in [0.3, 0.4) is 0 Å². The van der Waals surface area contributed by atoms with E-state index < -0.39 is 73.2 Å². The van der Waals surface area contributed by atoms with Gasteiger partial charge in [0.1, 0.15) is 12.1 Å². The van der Waals surface area contributed by atoms with Crippen molar-refractivity contribution in [2.24, 2.45) is 22.7 Å². The second-order valence-corrected chi connectivity index (χ2v) is 20.6. The molecule has 50 heavy (non-hydrogen) atoms. The van der Waals surface area contributed by atoms with E-state index in [-0.39, 0.29) is 42.4 Å². The molecule has 2 saturated carbocycles. The maximum Gasteiger partial charge on any atom is 0.315 e. The Labute approximate surface area is 303 Å². The molecule has 0 bridgehead atoms. The molecule has 5 atom stereocenters. The summed E-state index contributed by atoms with van der Waals surface area (Å²) in [5, 5.41) is 11.2. The third-order valence-electron chi connectivity index (χ3n) is 10.8. The predicted octanol–water partition coefficient (Wildman–Crippen LogP) is 3.05. The Morgan fingerprint density at radius 1 is 1.00 bits per heavy atom. The molecule has 3 rings (SSSR count). The topological polar surface area (TPSA) is 171 Å². The number of hydrogen-bond acceptors (Lipinski definition) is 8. The second-order valence-electron chi connectivity index (χ2n) is 16.9. The highest BCUT2D eigenvalue weighted by atomic mass is 32.2. The Kier molecular flexibility index (Phi) is 13.2. The number of piperidine rings is 1. The number of amides is 5. The number of rotatable bonds is 14. The van der Waals surface area contributed by atoms with E-state index in [4.69, 9.17) is 6.42 Å². The minimum Gasteiger partial charge on any atom is -0.349 e. The highest BCUT2D eigenvalue weighted by molar-refractivity contribution is 7.98. The fourth-order valence-corrected chi connectivity index (χ4v) is 9.24. The molecule has 3 aliphatic rings. The van der Waals surface area contributed by atoms with Crippen LogP contribution in [-0.4, -0.2) is 102 Å². The number of nitrogens with zero attached hydrogens (tertiary/aromatic N) is 1. The number of sulfone groups is 1. The standard InChI is InChI=1S/C36H59N5O7S2/c1-11-12-16-24(27(42)30(44)37-19-20-49-10)38-29(43)26-25-23(35(25,8)9)21-41(26)31(45)28(33(2,3)4)39-32(46)40-36(17-14-13-15-18-36)22-50(47,48)34(5,6)7/h1,23-26,28H,12-22H2,2-10H3,(H,37,44)(H,38,43)(H2,39,40,46)/t23?,24?,25-,26-,28+/m0/s1. The zero-order valence-corrected chi connectivity index (χ0v) is 33.0. The number of hydrogen-bond donors (Lipinski definition) is 4. The van der Waals surface area contributed by atoms with Gasteiger partial charge >= 0.3 is 6.03 Å². The van der Waals surface area contributed by atoms with E-state index in [1.54, 1.807) is 20.8 Å². The molecule has 0 radical (unpaired) electrons. The van der Waals surface area contributed by atoms with Crippen molar-refractivity contribution in [1.82, 2.24) is 26.2 Å². The Morgan fingerprint density at radius 3 is 2.16 bits per heavy atom. The van der Waals surface area contributed by atoms with Gasteiger partial charge in [0.05, 0.1) is 22.1 Å². The Hall–Kier alpha value is -2.79. The van der Waals surface area contributed by atoms with Crippen LogP contribution in [-0.2, 0) is 29.0 Å². The monoisotopic (exact) mass is 737 g/mol. The molecule has 0 aromatic rings. The van der Waals surface area contributed by atoms with E-state index in [2.05, 4.69) is 27.2 Å². The zero-order valence-electron chi connectivity index (χ0n) is 31.4. The van der Waals surface area contributed by atoms with Crippen LogP contribution in [0.1, 0.15) is 100 Å². The first-order valence-corrected chi connectivity index (χ1v) is 20.7. The second kappa shape index (κ2) is 15.8. The first-order valence-electron chi connectivity index (χ1n) is 17.7. The van der Waals surface area contributed by atoms with Crippen molar-refractivity contribution in [3.63, 3.8) is 0 Å². The van der Waals surface area contributed by atoms with Crippen LogP contribution in [0.5, 0.6) is 0 Å². The summed E-state index contributed by atoms with van der Waals surface area (Å²) in [7, 11) is -3.57. The molecule has 1 aliphatic heterocycles. The van der Waals surface area contributed by atoms with Gasteiger partial charge in [-0.1, -0.05) is 53.9 Å². The van der Waals surface area contributed by atoms with Crippen LogP contribution in [0.15, 0.2) is 0 Å². The summed E-state index contributed by atoms with van der Waals surface area (Å²) in [6.07, 6.45) is 11.1. The Balaban J connectivity index is 1.85. The van der Waals surface area contributed by atoms with Crippen molar-refractivity contribution in [2.45, 2.75) is 129 Å². The number of terminal acetylenes is 1. The van der Waals surface area contributed by atoms with Gasteiger partial charge in [0, 0.05) is 25.3 Å². The van der Waals surface area contributed by atoms with E-state index >= 15 is 0 Å². The molecule has 2 aliphatic carbocycles. The fourth-order valence-electron chi connectivity index (χ4n) is 7.42. The van der Waals surface area contributed by atoms with Gasteiger partial charge in [-0.3, -0.25) is 19.2 Å². The van der Waals surface area contributed by atoms with E-state index in [1.807, 2.05) is 40.9 Å². The SMILES string of the molecule is C#CCCC(NC(=O)[C@@H]1[C@@H]2C(CN1C(=O)[C@@H](NC(=O)NC1(CS(=O)(=O)C(C)(C)C)CCCCC1)C(C)(C)C)C2(C)C)C(=O)C(=O)NCCSC. The molecule has 282 valence electrons. The number of carbonyl (C=O) groups excluding carboxylic acids is 5. The van der Waals surface area contributed by atoms with Crippen LogP contribution in [0.25, 0.3) is 0 Å². The van der Waals surface area contributed by atoms with Gasteiger partial charge in [0.2, 0.25) is 17.6 Å². The Bertz CT molecular complexity index is 1450. The van der Waals surface area contributed by atoms with Crippen molar-refractivity contribution >= 4 is 51.1 Å². The maximum atomic E-state index is 14.4. The minimum absolute atomic E-state index is 0.0273. The summed E-state index contributed by atoms with van der Waals surface area (Å²) in [6.45, 7) is 15.1. The normalized spacial score (nSPS) is 23.8. The molecular formula is C36H59N5O7S2. The largest absolute Gasteiger partial charge is 0.349 e. The number of Topliss-reactive ketones (excluding diaryl/α,β-unsaturated/α-hetero) is 1. The third kappa shape index (κ3) is 9.55. The zero-order chi connectivity index (χ0) is 37.9. The fraction of sp³-hybridized carbons (Fsp3) is 0.806. The van der Waals surface area contributed by atoms with Crippen molar-refractivity contribution in [1.29, 1.82) is 0 Å². The Morgan fingerprint density at radius 2 is 1.62 bits per heavy atom. The van der Waals surface area contributed by atoms with E-state index in [0.29, 0.717) is 25.1 Å². The summed E-state index contributed by atoms with van der Waals surface area (Å²) < 4.78 is 25.6. The van der Waals surface area contributed by atoms with Gasteiger partial charge in [-0.05, 0) is 69.0 Å². The van der Waals surface area contributed by atoms with Crippen LogP contribution in [0.4, 0.5) is 4.79 Å². The number of likely N-dealkylation sites (tertiary alicyclic amines) is 1. The lowest BCUT2D eigenvalue weighted by Crippen LogP contribution is -2.64. The van der Waals surface area contributed by atoms with Gasteiger partial charge < -0.3 is 26.2 Å². The van der Waals surface area contributed by atoms with Gasteiger partial charge in [-0.2, -0.15) is 11.8 Å². The van der Waals surface area contributed by atoms with Gasteiger partial charge in [0.25, 0.3) is 5.91 Å². The summed E-state index contributed by atoms with van der Waals surface area (Å²) in [4.78, 5) is 69.5. The number of ketones is 1. The van der Waals surface area contributed by atoms with Gasteiger partial charge in [0.15, 0.2) is 9.84 Å².